The van der Waals surface area contributed by atoms with Crippen molar-refractivity contribution in [1.29, 1.82) is 0 Å². The highest BCUT2D eigenvalue weighted by Gasteiger charge is 2.34. The van der Waals surface area contributed by atoms with Crippen molar-refractivity contribution >= 4 is 75.6 Å². The van der Waals surface area contributed by atoms with Crippen molar-refractivity contribution in [3.63, 3.8) is 0 Å². The zero-order chi connectivity index (χ0) is 28.2. The van der Waals surface area contributed by atoms with Gasteiger partial charge in [0.05, 0.1) is 8.41 Å². The van der Waals surface area contributed by atoms with Gasteiger partial charge in [0, 0.05) is 0 Å². The largest absolute Gasteiger partial charge is 0.427 e. The molecule has 0 amide bonds. The molecule has 42 heavy (non-hydrogen) atoms. The smallest absolute Gasteiger partial charge is 0.161 e. The van der Waals surface area contributed by atoms with Crippen molar-refractivity contribution < 1.29 is 0 Å². The van der Waals surface area contributed by atoms with E-state index in [-0.39, 0.29) is 0 Å². The molecule has 0 saturated carbocycles. The summed E-state index contributed by atoms with van der Waals surface area (Å²) < 4.78 is 2.16. The molecule has 0 nitrogen and oxygen atoms in total. The van der Waals surface area contributed by atoms with E-state index in [1.54, 1.807) is 14.4 Å². The SMILES string of the molecule is CC1=Cc2ccc3ccccc3c2[CH]1[Mg][C]1=C(C)C(=[Si](c2ccccc2)c2ccccc2)c2ccc3ccccc3c21. The first-order valence-electron chi connectivity index (χ1n) is 15.0. The highest BCUT2D eigenvalue weighted by atomic mass is 28.2. The predicted octanol–water partition coefficient (Wildman–Crippen LogP) is 8.01. The molecule has 0 aromatic heterocycles. The summed E-state index contributed by atoms with van der Waals surface area (Å²) in [6.07, 6.45) is 2.46. The average Bonchev–Trinajstić information content (AvgIpc) is 3.51. The lowest BCUT2D eigenvalue weighted by atomic mass is 9.99. The second-order valence-corrected chi connectivity index (χ2v) is 16.1. The van der Waals surface area contributed by atoms with Crippen LogP contribution in [0.4, 0.5) is 0 Å². The Kier molecular flexibility index (Phi) is 6.44. The number of fused-ring (bicyclic) bond motifs is 6. The van der Waals surface area contributed by atoms with Crippen LogP contribution >= 0.6 is 0 Å². The van der Waals surface area contributed by atoms with Crippen LogP contribution in [0, 0.1) is 0 Å². The van der Waals surface area contributed by atoms with Crippen molar-refractivity contribution in [2.24, 2.45) is 0 Å². The zero-order valence-electron chi connectivity index (χ0n) is 24.1. The van der Waals surface area contributed by atoms with Gasteiger partial charge in [-0.1, -0.05) is 160 Å². The lowest BCUT2D eigenvalue weighted by Crippen LogP contribution is -2.40. The maximum Gasteiger partial charge on any atom is 0.427 e. The molecule has 2 aliphatic carbocycles. The number of allylic oxidation sites excluding steroid dienone is 2. The van der Waals surface area contributed by atoms with Crippen molar-refractivity contribution in [1.82, 2.24) is 0 Å². The molecular weight excluding hydrogens is 533 g/mol. The van der Waals surface area contributed by atoms with Gasteiger partial charge in [0.25, 0.3) is 0 Å². The molecule has 6 aromatic rings. The topological polar surface area (TPSA) is 0 Å². The van der Waals surface area contributed by atoms with Crippen LogP contribution in [0.15, 0.2) is 145 Å². The van der Waals surface area contributed by atoms with E-state index in [1.165, 1.54) is 59.8 Å². The van der Waals surface area contributed by atoms with Crippen LogP contribution in [0.3, 0.4) is 0 Å². The van der Waals surface area contributed by atoms with Gasteiger partial charge in [0.2, 0.25) is 0 Å². The number of hydrogen-bond donors (Lipinski definition) is 0. The fourth-order valence-electron chi connectivity index (χ4n) is 7.46. The minimum atomic E-state index is -1.21. The van der Waals surface area contributed by atoms with Crippen LogP contribution in [-0.4, -0.2) is 33.9 Å². The van der Waals surface area contributed by atoms with E-state index in [2.05, 4.69) is 153 Å². The Labute approximate surface area is 259 Å². The van der Waals surface area contributed by atoms with Crippen LogP contribution < -0.4 is 10.4 Å². The summed E-state index contributed by atoms with van der Waals surface area (Å²) in [4.78, 5) is 0. The Hall–Kier alpha value is -3.83. The zero-order valence-corrected chi connectivity index (χ0v) is 26.5. The molecule has 2 aliphatic rings. The van der Waals surface area contributed by atoms with Crippen LogP contribution in [0.5, 0.6) is 0 Å². The summed E-state index contributed by atoms with van der Waals surface area (Å²) in [7, 11) is -1.21. The number of hydrogen-bond acceptors (Lipinski definition) is 0. The Balaban J connectivity index is 1.42. The lowest BCUT2D eigenvalue weighted by molar-refractivity contribution is 1.15. The maximum atomic E-state index is 2.46. The molecule has 0 bridgehead atoms. The van der Waals surface area contributed by atoms with Crippen molar-refractivity contribution in [3.05, 3.63) is 167 Å². The van der Waals surface area contributed by atoms with Gasteiger partial charge >= 0.3 is 20.4 Å². The molecule has 1 unspecified atom stereocenters. The molecule has 2 heteroatoms. The summed E-state index contributed by atoms with van der Waals surface area (Å²) in [6.45, 7) is 4.82. The van der Waals surface area contributed by atoms with E-state index in [0.717, 1.165) is 0 Å². The lowest BCUT2D eigenvalue weighted by Gasteiger charge is -2.19. The molecule has 0 fully saturated rings. The third kappa shape index (κ3) is 4.12. The molecule has 0 heterocycles. The number of benzene rings is 6. The summed E-state index contributed by atoms with van der Waals surface area (Å²) >= 11 is -0.741. The van der Waals surface area contributed by atoms with E-state index in [9.17, 15) is 0 Å². The second kappa shape index (κ2) is 10.5. The highest BCUT2D eigenvalue weighted by Crippen LogP contribution is 2.45. The van der Waals surface area contributed by atoms with Gasteiger partial charge in [-0.05, 0) is 67.6 Å². The molecule has 8 rings (SSSR count). The average molecular weight is 563 g/mol. The van der Waals surface area contributed by atoms with Crippen LogP contribution in [-0.2, 0) is 0 Å². The van der Waals surface area contributed by atoms with Gasteiger partial charge in [0.15, 0.2) is 0 Å². The monoisotopic (exact) mass is 562 g/mol. The highest BCUT2D eigenvalue weighted by molar-refractivity contribution is 6.96. The summed E-state index contributed by atoms with van der Waals surface area (Å²) in [5, 5.41) is 10.0. The first-order chi connectivity index (χ1) is 20.7. The summed E-state index contributed by atoms with van der Waals surface area (Å²) in [5.74, 6) is 0. The van der Waals surface area contributed by atoms with E-state index >= 15 is 0 Å². The van der Waals surface area contributed by atoms with Gasteiger partial charge in [-0.15, -0.1) is 0 Å². The van der Waals surface area contributed by atoms with Gasteiger partial charge in [-0.25, -0.2) is 0 Å². The standard InChI is InChI=1S/C26H19Si.C14H11.Mg/c1-19-18-25-23-15-9-8-10-20(23)16-17-24(25)26(19)27(21-11-4-2-5-12-21)22-13-6-3-7-14-22;1-10-8-12-7-6-11-4-2-3-5-13(11)14(12)9-10;/h2-17H,1H3;2-9H,1H3;. The molecule has 0 saturated heterocycles. The molecule has 0 radical (unpaired) electrons. The van der Waals surface area contributed by atoms with E-state index in [4.69, 9.17) is 0 Å². The first kappa shape index (κ1) is 25.8. The molecule has 6 aromatic carbocycles. The second-order valence-electron chi connectivity index (χ2n) is 11.7. The third-order valence-electron chi connectivity index (χ3n) is 9.40. The Morgan fingerprint density at radius 1 is 0.571 bits per heavy atom. The third-order valence-corrected chi connectivity index (χ3v) is 15.1. The summed E-state index contributed by atoms with van der Waals surface area (Å²) in [5.41, 5.74) is 9.03. The van der Waals surface area contributed by atoms with Gasteiger partial charge in [-0.2, -0.15) is 3.70 Å². The molecule has 0 N–H and O–H groups in total. The van der Waals surface area contributed by atoms with Gasteiger partial charge in [-0.3, -0.25) is 0 Å². The first-order valence-corrected chi connectivity index (χ1v) is 18.0. The number of rotatable bonds is 4. The van der Waals surface area contributed by atoms with Crippen molar-refractivity contribution in [2.75, 3.05) is 0 Å². The van der Waals surface area contributed by atoms with Crippen molar-refractivity contribution in [3.8, 4) is 0 Å². The Morgan fingerprint density at radius 2 is 1.14 bits per heavy atom. The van der Waals surface area contributed by atoms with Gasteiger partial charge in [0.1, 0.15) is 0 Å². The molecule has 0 aliphatic heterocycles. The molecule has 1 atom stereocenters. The van der Waals surface area contributed by atoms with E-state index in [1.807, 2.05) is 0 Å². The Bertz CT molecular complexity index is 2080. The molecule has 0 spiro atoms. The van der Waals surface area contributed by atoms with Crippen LogP contribution in [0.25, 0.3) is 31.3 Å². The predicted molar refractivity (Wildman–Crippen MR) is 185 cm³/mol. The van der Waals surface area contributed by atoms with Crippen LogP contribution in [0.2, 0.25) is 0 Å². The molecular formula is C40H30MgSi. The van der Waals surface area contributed by atoms with E-state index in [0.29, 0.717) is 4.05 Å². The fraction of sp³-hybridized carbons (Fsp3) is 0.0750. The minimum Gasteiger partial charge on any atom is -0.161 e. The fourth-order valence-corrected chi connectivity index (χ4v) is 13.2. The Morgan fingerprint density at radius 3 is 1.83 bits per heavy atom. The quantitative estimate of drug-likeness (QED) is 0.191. The summed E-state index contributed by atoms with van der Waals surface area (Å²) in [6, 6.07) is 50.0. The van der Waals surface area contributed by atoms with Crippen LogP contribution in [0.1, 0.15) is 40.1 Å². The normalized spacial score (nSPS) is 15.5. The van der Waals surface area contributed by atoms with E-state index < -0.39 is 28.8 Å². The maximum absolute atomic E-state index is 2.46. The van der Waals surface area contributed by atoms with Crippen molar-refractivity contribution in [2.45, 2.75) is 17.9 Å². The molecule has 196 valence electrons. The van der Waals surface area contributed by atoms with Gasteiger partial charge < -0.3 is 0 Å². The minimum absolute atomic E-state index is 0.506.